The Morgan fingerprint density at radius 3 is 2.45 bits per heavy atom. The van der Waals surface area contributed by atoms with Gasteiger partial charge in [-0.1, -0.05) is 19.9 Å². The number of carbonyl (C=O) groups excluding carboxylic acids is 1. The van der Waals surface area contributed by atoms with Crippen molar-refractivity contribution in [2.24, 2.45) is 5.41 Å². The predicted octanol–water partition coefficient (Wildman–Crippen LogP) is 3.06. The Hall–Kier alpha value is -1.62. The molecule has 0 saturated carbocycles. The fourth-order valence-electron chi connectivity index (χ4n) is 1.74. The summed E-state index contributed by atoms with van der Waals surface area (Å²) in [4.78, 5) is 16.0. The number of rotatable bonds is 6. The molecule has 1 aromatic rings. The van der Waals surface area contributed by atoms with E-state index >= 15 is 0 Å². The van der Waals surface area contributed by atoms with Crippen molar-refractivity contribution in [1.29, 1.82) is 0 Å². The molecule has 124 valence electrons. The van der Waals surface area contributed by atoms with Crippen molar-refractivity contribution in [3.05, 3.63) is 29.6 Å². The number of alkyl carbamates (subject to hydrolysis) is 1. The van der Waals surface area contributed by atoms with E-state index in [-0.39, 0.29) is 12.0 Å². The third kappa shape index (κ3) is 7.41. The van der Waals surface area contributed by atoms with E-state index in [0.717, 1.165) is 24.1 Å². The normalized spacial score (nSPS) is 12.1. The number of amides is 1. The van der Waals surface area contributed by atoms with E-state index in [2.05, 4.69) is 10.3 Å². The van der Waals surface area contributed by atoms with Gasteiger partial charge >= 0.3 is 6.09 Å². The summed E-state index contributed by atoms with van der Waals surface area (Å²) in [5, 5.41) is 12.0. The van der Waals surface area contributed by atoms with Crippen molar-refractivity contribution < 1.29 is 14.6 Å². The number of aromatic nitrogens is 1. The summed E-state index contributed by atoms with van der Waals surface area (Å²) in [5.41, 5.74) is 1.34. The van der Waals surface area contributed by atoms with Crippen LogP contribution in [-0.2, 0) is 17.7 Å². The molecule has 0 aliphatic rings. The topological polar surface area (TPSA) is 71.5 Å². The molecule has 0 saturated heterocycles. The van der Waals surface area contributed by atoms with E-state index in [9.17, 15) is 9.90 Å². The average Bonchev–Trinajstić information content (AvgIpc) is 2.42. The van der Waals surface area contributed by atoms with Crippen molar-refractivity contribution in [2.45, 2.75) is 59.6 Å². The molecule has 0 aliphatic heterocycles. The third-order valence-electron chi connectivity index (χ3n) is 3.21. The molecule has 5 nitrogen and oxygen atoms in total. The third-order valence-corrected chi connectivity index (χ3v) is 3.21. The first kappa shape index (κ1) is 18.4. The number of aliphatic hydroxyl groups excluding tert-OH is 1. The molecule has 0 radical (unpaired) electrons. The first-order chi connectivity index (χ1) is 10.1. The lowest BCUT2D eigenvalue weighted by Gasteiger charge is -2.21. The lowest BCUT2D eigenvalue weighted by atomic mass is 9.88. The van der Waals surface area contributed by atoms with E-state index in [0.29, 0.717) is 6.54 Å². The quantitative estimate of drug-likeness (QED) is 0.847. The lowest BCUT2D eigenvalue weighted by Crippen LogP contribution is -2.32. The molecule has 0 aromatic carbocycles. The van der Waals surface area contributed by atoms with E-state index in [1.165, 1.54) is 0 Å². The van der Waals surface area contributed by atoms with Crippen LogP contribution >= 0.6 is 0 Å². The number of ether oxygens (including phenoxy) is 1. The molecule has 1 amide bonds. The zero-order valence-corrected chi connectivity index (χ0v) is 14.3. The molecular formula is C17H28N2O3. The van der Waals surface area contributed by atoms with Crippen LogP contribution in [0.4, 0.5) is 4.79 Å². The van der Waals surface area contributed by atoms with Crippen LogP contribution in [0.1, 0.15) is 52.3 Å². The van der Waals surface area contributed by atoms with Crippen molar-refractivity contribution >= 4 is 6.09 Å². The molecule has 1 aromatic heterocycles. The zero-order chi connectivity index (χ0) is 16.8. The largest absolute Gasteiger partial charge is 0.444 e. The van der Waals surface area contributed by atoms with Crippen LogP contribution in [0.3, 0.4) is 0 Å². The van der Waals surface area contributed by atoms with E-state index in [4.69, 9.17) is 4.74 Å². The minimum Gasteiger partial charge on any atom is -0.444 e. The summed E-state index contributed by atoms with van der Waals surface area (Å²) in [5.74, 6) is 0. The minimum atomic E-state index is -0.494. The summed E-state index contributed by atoms with van der Waals surface area (Å²) < 4.78 is 5.18. The maximum absolute atomic E-state index is 11.6. The Bertz CT molecular complexity index is 476. The zero-order valence-electron chi connectivity index (χ0n) is 14.3. The SMILES string of the molecule is CC(C)(CO)CCc1ccc(CNC(=O)OC(C)(C)C)cn1. The predicted molar refractivity (Wildman–Crippen MR) is 86.5 cm³/mol. The van der Waals surface area contributed by atoms with Crippen LogP contribution < -0.4 is 5.32 Å². The van der Waals surface area contributed by atoms with Crippen LogP contribution in [0.15, 0.2) is 18.3 Å². The number of pyridine rings is 1. The van der Waals surface area contributed by atoms with Gasteiger partial charge in [-0.25, -0.2) is 4.79 Å². The highest BCUT2D eigenvalue weighted by Crippen LogP contribution is 2.21. The number of nitrogens with zero attached hydrogens (tertiary/aromatic N) is 1. The van der Waals surface area contributed by atoms with Gasteiger partial charge in [0, 0.05) is 25.0 Å². The van der Waals surface area contributed by atoms with E-state index < -0.39 is 11.7 Å². The van der Waals surface area contributed by atoms with Gasteiger partial charge in [0.25, 0.3) is 0 Å². The van der Waals surface area contributed by atoms with Gasteiger partial charge < -0.3 is 15.2 Å². The van der Waals surface area contributed by atoms with Crippen LogP contribution in [0.25, 0.3) is 0 Å². The van der Waals surface area contributed by atoms with Crippen molar-refractivity contribution in [3.8, 4) is 0 Å². The van der Waals surface area contributed by atoms with Crippen LogP contribution in [-0.4, -0.2) is 28.4 Å². The Morgan fingerprint density at radius 2 is 1.95 bits per heavy atom. The summed E-state index contributed by atoms with van der Waals surface area (Å²) in [6.07, 6.45) is 3.04. The van der Waals surface area contributed by atoms with Gasteiger partial charge in [-0.05, 0) is 50.7 Å². The molecule has 5 heteroatoms. The molecule has 0 bridgehead atoms. The molecule has 2 N–H and O–H groups in total. The van der Waals surface area contributed by atoms with Gasteiger partial charge in [0.1, 0.15) is 5.60 Å². The Kier molecular flexibility index (Phi) is 6.35. The number of aryl methyl sites for hydroxylation is 1. The monoisotopic (exact) mass is 308 g/mol. The summed E-state index contributed by atoms with van der Waals surface area (Å²) in [6.45, 7) is 10.1. The summed E-state index contributed by atoms with van der Waals surface area (Å²) in [7, 11) is 0. The molecule has 0 fully saturated rings. The molecular weight excluding hydrogens is 280 g/mol. The number of hydrogen-bond donors (Lipinski definition) is 2. The van der Waals surface area contributed by atoms with Crippen LogP contribution in [0.5, 0.6) is 0 Å². The molecule has 0 spiro atoms. The molecule has 0 aliphatic carbocycles. The first-order valence-electron chi connectivity index (χ1n) is 7.63. The van der Waals surface area contributed by atoms with Crippen molar-refractivity contribution in [3.63, 3.8) is 0 Å². The van der Waals surface area contributed by atoms with Gasteiger partial charge in [-0.2, -0.15) is 0 Å². The summed E-state index contributed by atoms with van der Waals surface area (Å²) in [6, 6.07) is 3.91. The number of hydrogen-bond acceptors (Lipinski definition) is 4. The molecule has 1 rings (SSSR count). The van der Waals surface area contributed by atoms with Gasteiger partial charge in [0.2, 0.25) is 0 Å². The maximum atomic E-state index is 11.6. The second-order valence-electron chi connectivity index (χ2n) is 7.34. The fourth-order valence-corrected chi connectivity index (χ4v) is 1.74. The molecule has 0 atom stereocenters. The van der Waals surface area contributed by atoms with Crippen molar-refractivity contribution in [2.75, 3.05) is 6.61 Å². The smallest absolute Gasteiger partial charge is 0.407 e. The van der Waals surface area contributed by atoms with Crippen LogP contribution in [0, 0.1) is 5.41 Å². The number of carbonyl (C=O) groups is 1. The standard InChI is InChI=1S/C17H28N2O3/c1-16(2,3)22-15(21)19-11-13-6-7-14(18-10-13)8-9-17(4,5)12-20/h6-7,10,20H,8-9,11-12H2,1-5H3,(H,19,21). The van der Waals surface area contributed by atoms with E-state index in [1.54, 1.807) is 6.20 Å². The maximum Gasteiger partial charge on any atom is 0.407 e. The highest BCUT2D eigenvalue weighted by atomic mass is 16.6. The Balaban J connectivity index is 2.44. The molecule has 22 heavy (non-hydrogen) atoms. The Morgan fingerprint density at radius 1 is 1.27 bits per heavy atom. The van der Waals surface area contributed by atoms with E-state index in [1.807, 2.05) is 46.8 Å². The van der Waals surface area contributed by atoms with Gasteiger partial charge in [0.15, 0.2) is 0 Å². The van der Waals surface area contributed by atoms with Crippen molar-refractivity contribution in [1.82, 2.24) is 10.3 Å². The Labute approximate surface area is 133 Å². The summed E-state index contributed by atoms with van der Waals surface area (Å²) >= 11 is 0. The number of aliphatic hydroxyl groups is 1. The second kappa shape index (κ2) is 7.58. The fraction of sp³-hybridized carbons (Fsp3) is 0.647. The van der Waals surface area contributed by atoms with Crippen LogP contribution in [0.2, 0.25) is 0 Å². The average molecular weight is 308 g/mol. The highest BCUT2D eigenvalue weighted by molar-refractivity contribution is 5.67. The molecule has 0 unspecified atom stereocenters. The second-order valence-corrected chi connectivity index (χ2v) is 7.34. The van der Waals surface area contributed by atoms with Gasteiger partial charge in [-0.3, -0.25) is 4.98 Å². The van der Waals surface area contributed by atoms with Gasteiger partial charge in [-0.15, -0.1) is 0 Å². The molecule has 1 heterocycles. The first-order valence-corrected chi connectivity index (χ1v) is 7.63. The number of nitrogens with one attached hydrogen (secondary N) is 1. The highest BCUT2D eigenvalue weighted by Gasteiger charge is 2.17. The van der Waals surface area contributed by atoms with Gasteiger partial charge in [0.05, 0.1) is 0 Å². The minimum absolute atomic E-state index is 0.0847. The lowest BCUT2D eigenvalue weighted by molar-refractivity contribution is 0.0523.